The van der Waals surface area contributed by atoms with E-state index < -0.39 is 18.3 Å². The van der Waals surface area contributed by atoms with E-state index in [1.807, 2.05) is 6.07 Å². The number of aliphatic hydroxyl groups is 1. The van der Waals surface area contributed by atoms with Crippen LogP contribution in [0.1, 0.15) is 18.1 Å². The molecule has 0 aliphatic carbocycles. The van der Waals surface area contributed by atoms with Crippen LogP contribution in [0.5, 0.6) is 5.75 Å². The maximum absolute atomic E-state index is 12.3. The molecule has 2 atom stereocenters. The first-order valence-electron chi connectivity index (χ1n) is 7.80. The van der Waals surface area contributed by atoms with Gasteiger partial charge in [-0.3, -0.25) is 5.32 Å². The highest BCUT2D eigenvalue weighted by molar-refractivity contribution is 9.11. The van der Waals surface area contributed by atoms with Crippen LogP contribution in [0.3, 0.4) is 0 Å². The van der Waals surface area contributed by atoms with Crippen LogP contribution in [0.4, 0.5) is 10.5 Å². The van der Waals surface area contributed by atoms with Gasteiger partial charge in [-0.1, -0.05) is 34.1 Å². The molecule has 0 spiro atoms. The van der Waals surface area contributed by atoms with E-state index in [0.717, 1.165) is 0 Å². The van der Waals surface area contributed by atoms with Crippen molar-refractivity contribution in [1.29, 1.82) is 0 Å². The van der Waals surface area contributed by atoms with Gasteiger partial charge in [-0.15, -0.1) is 0 Å². The Morgan fingerprint density at radius 3 is 2.54 bits per heavy atom. The van der Waals surface area contributed by atoms with Crippen molar-refractivity contribution in [3.63, 3.8) is 0 Å². The molecule has 0 aliphatic rings. The minimum absolute atomic E-state index is 0.0642. The summed E-state index contributed by atoms with van der Waals surface area (Å²) in [5, 5.41) is 22.3. The SMILES string of the molecule is CO[C@@H](CCO)[C@@H](OC(=O)Nc1ccccc1)c1cc(Br)cc(Br)c1O. The predicted octanol–water partition coefficient (Wildman–Crippen LogP) is 4.60. The Morgan fingerprint density at radius 2 is 1.92 bits per heavy atom. The number of anilines is 1. The molecular formula is C18H19Br2NO5. The lowest BCUT2D eigenvalue weighted by atomic mass is 10.0. The number of amides is 1. The van der Waals surface area contributed by atoms with Gasteiger partial charge in [-0.2, -0.15) is 0 Å². The monoisotopic (exact) mass is 487 g/mol. The normalized spacial score (nSPS) is 13.1. The summed E-state index contributed by atoms with van der Waals surface area (Å²) in [6.45, 7) is -0.158. The number of phenolic OH excluding ortho intramolecular Hbond substituents is 1. The average molecular weight is 489 g/mol. The Kier molecular flexibility index (Phi) is 7.89. The lowest BCUT2D eigenvalue weighted by Gasteiger charge is -2.27. The van der Waals surface area contributed by atoms with Gasteiger partial charge in [-0.25, -0.2) is 4.79 Å². The molecule has 0 aliphatic heterocycles. The number of hydrogen-bond donors (Lipinski definition) is 3. The fourth-order valence-electron chi connectivity index (χ4n) is 2.45. The molecule has 0 saturated carbocycles. The maximum atomic E-state index is 12.3. The molecule has 3 N–H and O–H groups in total. The number of methoxy groups -OCH3 is 1. The summed E-state index contributed by atoms with van der Waals surface area (Å²) >= 11 is 6.63. The van der Waals surface area contributed by atoms with E-state index in [4.69, 9.17) is 9.47 Å². The Labute approximate surface area is 168 Å². The van der Waals surface area contributed by atoms with E-state index in [9.17, 15) is 15.0 Å². The van der Waals surface area contributed by atoms with Gasteiger partial charge in [-0.05, 0) is 40.2 Å². The van der Waals surface area contributed by atoms with Gasteiger partial charge in [0.25, 0.3) is 0 Å². The van der Waals surface area contributed by atoms with Crippen molar-refractivity contribution < 1.29 is 24.5 Å². The van der Waals surface area contributed by atoms with E-state index in [1.54, 1.807) is 36.4 Å². The number of benzene rings is 2. The van der Waals surface area contributed by atoms with Gasteiger partial charge < -0.3 is 19.7 Å². The highest BCUT2D eigenvalue weighted by Gasteiger charge is 2.30. The van der Waals surface area contributed by atoms with Crippen molar-refractivity contribution in [3.8, 4) is 5.75 Å². The van der Waals surface area contributed by atoms with Crippen LogP contribution < -0.4 is 5.32 Å². The number of ether oxygens (including phenoxy) is 2. The quantitative estimate of drug-likeness (QED) is 0.529. The van der Waals surface area contributed by atoms with Gasteiger partial charge in [0.15, 0.2) is 6.10 Å². The first kappa shape index (κ1) is 20.7. The molecule has 0 heterocycles. The van der Waals surface area contributed by atoms with E-state index in [-0.39, 0.29) is 18.8 Å². The van der Waals surface area contributed by atoms with Crippen molar-refractivity contribution in [2.24, 2.45) is 0 Å². The molecule has 26 heavy (non-hydrogen) atoms. The third kappa shape index (κ3) is 5.44. The van der Waals surface area contributed by atoms with E-state index >= 15 is 0 Å². The van der Waals surface area contributed by atoms with Gasteiger partial charge in [0, 0.05) is 35.9 Å². The van der Waals surface area contributed by atoms with Crippen LogP contribution in [-0.2, 0) is 9.47 Å². The second-order valence-corrected chi connectivity index (χ2v) is 7.20. The van der Waals surface area contributed by atoms with Gasteiger partial charge >= 0.3 is 6.09 Å². The zero-order valence-electron chi connectivity index (χ0n) is 14.0. The first-order chi connectivity index (χ1) is 12.5. The Hall–Kier alpha value is -1.61. The topological polar surface area (TPSA) is 88.0 Å². The maximum Gasteiger partial charge on any atom is 0.412 e. The van der Waals surface area contributed by atoms with Gasteiger partial charge in [0.2, 0.25) is 0 Å². The summed E-state index contributed by atoms with van der Waals surface area (Å²) in [5.41, 5.74) is 0.932. The number of phenols is 1. The summed E-state index contributed by atoms with van der Waals surface area (Å²) in [4.78, 5) is 12.3. The van der Waals surface area contributed by atoms with Crippen molar-refractivity contribution >= 4 is 43.6 Å². The molecule has 0 saturated heterocycles. The second kappa shape index (κ2) is 9.91. The number of aromatic hydroxyl groups is 1. The van der Waals surface area contributed by atoms with E-state index in [0.29, 0.717) is 20.2 Å². The predicted molar refractivity (Wildman–Crippen MR) is 105 cm³/mol. The smallest absolute Gasteiger partial charge is 0.412 e. The lowest BCUT2D eigenvalue weighted by molar-refractivity contribution is -0.0314. The average Bonchev–Trinajstić information content (AvgIpc) is 2.62. The van der Waals surface area contributed by atoms with Crippen LogP contribution in [0.2, 0.25) is 0 Å². The number of para-hydroxylation sites is 1. The Morgan fingerprint density at radius 1 is 1.23 bits per heavy atom. The minimum Gasteiger partial charge on any atom is -0.506 e. The van der Waals surface area contributed by atoms with E-state index in [2.05, 4.69) is 37.2 Å². The van der Waals surface area contributed by atoms with Crippen molar-refractivity contribution in [2.75, 3.05) is 19.0 Å². The molecule has 8 heteroatoms. The summed E-state index contributed by atoms with van der Waals surface area (Å²) in [7, 11) is 1.45. The molecule has 2 rings (SSSR count). The highest BCUT2D eigenvalue weighted by atomic mass is 79.9. The number of nitrogens with one attached hydrogen (secondary N) is 1. The zero-order valence-corrected chi connectivity index (χ0v) is 17.2. The molecule has 0 aromatic heterocycles. The summed E-state index contributed by atoms with van der Waals surface area (Å²) in [6.07, 6.45) is -2.04. The summed E-state index contributed by atoms with van der Waals surface area (Å²) in [5.74, 6) is -0.0642. The number of halogens is 2. The van der Waals surface area contributed by atoms with Crippen LogP contribution in [0, 0.1) is 0 Å². The fraction of sp³-hybridized carbons (Fsp3) is 0.278. The zero-order chi connectivity index (χ0) is 19.1. The highest BCUT2D eigenvalue weighted by Crippen LogP contribution is 2.39. The molecule has 0 radical (unpaired) electrons. The molecule has 2 aromatic rings. The number of carbonyl (C=O) groups excluding carboxylic acids is 1. The minimum atomic E-state index is -0.926. The summed E-state index contributed by atoms with van der Waals surface area (Å²) in [6, 6.07) is 12.2. The van der Waals surface area contributed by atoms with Crippen LogP contribution in [0.15, 0.2) is 51.4 Å². The molecule has 1 amide bonds. The lowest BCUT2D eigenvalue weighted by Crippen LogP contribution is -2.29. The third-order valence-corrected chi connectivity index (χ3v) is 4.73. The number of hydrogen-bond acceptors (Lipinski definition) is 5. The summed E-state index contributed by atoms with van der Waals surface area (Å²) < 4.78 is 12.1. The van der Waals surface area contributed by atoms with E-state index in [1.165, 1.54) is 7.11 Å². The van der Waals surface area contributed by atoms with Crippen molar-refractivity contribution in [2.45, 2.75) is 18.6 Å². The Bertz CT molecular complexity index is 742. The first-order valence-corrected chi connectivity index (χ1v) is 9.39. The van der Waals surface area contributed by atoms with Crippen LogP contribution >= 0.6 is 31.9 Å². The second-order valence-electron chi connectivity index (χ2n) is 5.43. The largest absolute Gasteiger partial charge is 0.506 e. The van der Waals surface area contributed by atoms with Crippen molar-refractivity contribution in [1.82, 2.24) is 0 Å². The van der Waals surface area contributed by atoms with Crippen molar-refractivity contribution in [3.05, 3.63) is 57.0 Å². The number of rotatable bonds is 7. The molecule has 0 bridgehead atoms. The third-order valence-electron chi connectivity index (χ3n) is 3.67. The van der Waals surface area contributed by atoms with Gasteiger partial charge in [0.1, 0.15) is 11.9 Å². The fourth-order valence-corrected chi connectivity index (χ4v) is 3.70. The number of aliphatic hydroxyl groups excluding tert-OH is 1. The standard InChI is InChI=1S/C18H19Br2NO5/c1-25-15(7-8-22)17(13-9-11(19)10-14(20)16(13)23)26-18(24)21-12-5-3-2-4-6-12/h2-6,9-10,15,17,22-23H,7-8H2,1H3,(H,21,24)/t15-,17-/m0/s1. The van der Waals surface area contributed by atoms with Crippen LogP contribution in [0.25, 0.3) is 0 Å². The molecule has 0 fully saturated rings. The number of carbonyl (C=O) groups is 1. The molecule has 6 nitrogen and oxygen atoms in total. The molecule has 140 valence electrons. The molecular weight excluding hydrogens is 470 g/mol. The molecule has 2 aromatic carbocycles. The van der Waals surface area contributed by atoms with Crippen LogP contribution in [-0.4, -0.2) is 36.1 Å². The molecule has 0 unspecified atom stereocenters. The Balaban J connectivity index is 2.31. The van der Waals surface area contributed by atoms with Gasteiger partial charge in [0.05, 0.1) is 4.47 Å².